The SMILES string of the molecule is COC(=O)c1csc(S(=O)(=O)N2CCN(C(=O)CCCOc3ccc(F)cc3F)CC2)c1. The Morgan fingerprint density at radius 3 is 2.50 bits per heavy atom. The molecule has 12 heteroatoms. The number of halogens is 2. The third kappa shape index (κ3) is 5.61. The second kappa shape index (κ2) is 10.4. The summed E-state index contributed by atoms with van der Waals surface area (Å²) in [7, 11) is -2.55. The van der Waals surface area contributed by atoms with Crippen LogP contribution in [0.1, 0.15) is 23.2 Å². The summed E-state index contributed by atoms with van der Waals surface area (Å²) in [6.45, 7) is 0.832. The van der Waals surface area contributed by atoms with Gasteiger partial charge in [0.25, 0.3) is 10.0 Å². The molecule has 0 atom stereocenters. The lowest BCUT2D eigenvalue weighted by molar-refractivity contribution is -0.132. The van der Waals surface area contributed by atoms with Crippen molar-refractivity contribution in [3.63, 3.8) is 0 Å². The number of carbonyl (C=O) groups excluding carboxylic acids is 2. The van der Waals surface area contributed by atoms with Crippen LogP contribution in [0.4, 0.5) is 8.78 Å². The quantitative estimate of drug-likeness (QED) is 0.419. The van der Waals surface area contributed by atoms with Crippen molar-refractivity contribution in [2.24, 2.45) is 0 Å². The molecule has 174 valence electrons. The van der Waals surface area contributed by atoms with E-state index in [1.807, 2.05) is 0 Å². The monoisotopic (exact) mass is 488 g/mol. The molecule has 0 N–H and O–H groups in total. The minimum absolute atomic E-state index is 0.0443. The predicted octanol–water partition coefficient (Wildman–Crippen LogP) is 2.51. The lowest BCUT2D eigenvalue weighted by atomic mass is 10.2. The van der Waals surface area contributed by atoms with Crippen molar-refractivity contribution in [2.75, 3.05) is 39.9 Å². The number of amides is 1. The van der Waals surface area contributed by atoms with E-state index in [9.17, 15) is 26.8 Å². The van der Waals surface area contributed by atoms with Crippen LogP contribution < -0.4 is 4.74 Å². The molecule has 3 rings (SSSR count). The van der Waals surface area contributed by atoms with Gasteiger partial charge in [-0.3, -0.25) is 4.79 Å². The van der Waals surface area contributed by atoms with Gasteiger partial charge in [0.2, 0.25) is 5.91 Å². The summed E-state index contributed by atoms with van der Waals surface area (Å²) >= 11 is 0.942. The first kappa shape index (κ1) is 24.1. The molecule has 1 amide bonds. The Kier molecular flexibility index (Phi) is 7.80. The van der Waals surface area contributed by atoms with Crippen molar-refractivity contribution in [2.45, 2.75) is 17.1 Å². The molecular formula is C20H22F2N2O6S2. The van der Waals surface area contributed by atoms with Crippen LogP contribution in [0.3, 0.4) is 0 Å². The van der Waals surface area contributed by atoms with Crippen molar-refractivity contribution < 1.29 is 36.3 Å². The van der Waals surface area contributed by atoms with Crippen molar-refractivity contribution in [3.05, 3.63) is 46.8 Å². The van der Waals surface area contributed by atoms with Gasteiger partial charge in [-0.2, -0.15) is 4.31 Å². The van der Waals surface area contributed by atoms with Gasteiger partial charge >= 0.3 is 5.97 Å². The highest BCUT2D eigenvalue weighted by atomic mass is 32.2. The number of esters is 1. The molecule has 0 spiro atoms. The molecule has 0 unspecified atom stereocenters. The van der Waals surface area contributed by atoms with Crippen LogP contribution >= 0.6 is 11.3 Å². The van der Waals surface area contributed by atoms with Gasteiger partial charge in [0.05, 0.1) is 19.3 Å². The zero-order chi connectivity index (χ0) is 23.3. The lowest BCUT2D eigenvalue weighted by Crippen LogP contribution is -2.50. The molecule has 1 aromatic heterocycles. The molecular weight excluding hydrogens is 466 g/mol. The molecule has 0 bridgehead atoms. The van der Waals surface area contributed by atoms with Crippen LogP contribution in [-0.4, -0.2) is 69.4 Å². The molecule has 0 aliphatic carbocycles. The lowest BCUT2D eigenvalue weighted by Gasteiger charge is -2.33. The number of hydrogen-bond acceptors (Lipinski definition) is 7. The van der Waals surface area contributed by atoms with Crippen LogP contribution in [0.15, 0.2) is 33.9 Å². The van der Waals surface area contributed by atoms with E-state index in [2.05, 4.69) is 4.74 Å². The van der Waals surface area contributed by atoms with E-state index in [4.69, 9.17) is 4.74 Å². The van der Waals surface area contributed by atoms with E-state index < -0.39 is 27.6 Å². The van der Waals surface area contributed by atoms with Gasteiger partial charge in [-0.15, -0.1) is 11.3 Å². The number of hydrogen-bond donors (Lipinski definition) is 0. The van der Waals surface area contributed by atoms with Crippen LogP contribution in [0.5, 0.6) is 5.75 Å². The fraction of sp³-hybridized carbons (Fsp3) is 0.400. The third-order valence-electron chi connectivity index (χ3n) is 4.87. The fourth-order valence-corrected chi connectivity index (χ4v) is 5.86. The van der Waals surface area contributed by atoms with Crippen molar-refractivity contribution in [3.8, 4) is 5.75 Å². The summed E-state index contributed by atoms with van der Waals surface area (Å²) in [6, 6.07) is 4.28. The Morgan fingerprint density at radius 2 is 1.84 bits per heavy atom. The maximum absolute atomic E-state index is 13.5. The minimum atomic E-state index is -3.77. The summed E-state index contributed by atoms with van der Waals surface area (Å²) in [5.74, 6) is -2.35. The molecule has 1 aromatic carbocycles. The molecule has 1 saturated heterocycles. The number of methoxy groups -OCH3 is 1. The van der Waals surface area contributed by atoms with Crippen molar-refractivity contribution >= 4 is 33.2 Å². The van der Waals surface area contributed by atoms with E-state index >= 15 is 0 Å². The highest BCUT2D eigenvalue weighted by molar-refractivity contribution is 7.91. The van der Waals surface area contributed by atoms with Gasteiger partial charge in [0, 0.05) is 44.0 Å². The summed E-state index contributed by atoms with van der Waals surface area (Å²) < 4.78 is 63.2. The van der Waals surface area contributed by atoms with Crippen LogP contribution in [0.2, 0.25) is 0 Å². The number of benzene rings is 1. The van der Waals surface area contributed by atoms with Gasteiger partial charge < -0.3 is 14.4 Å². The summed E-state index contributed by atoms with van der Waals surface area (Å²) in [5, 5.41) is 1.43. The molecule has 2 heterocycles. The highest BCUT2D eigenvalue weighted by Crippen LogP contribution is 2.25. The first-order valence-electron chi connectivity index (χ1n) is 9.75. The molecule has 1 aliphatic rings. The second-order valence-corrected chi connectivity index (χ2v) is 10.0. The third-order valence-corrected chi connectivity index (χ3v) is 8.18. The van der Waals surface area contributed by atoms with Crippen molar-refractivity contribution in [1.82, 2.24) is 9.21 Å². The fourth-order valence-electron chi connectivity index (χ4n) is 3.14. The zero-order valence-corrected chi connectivity index (χ0v) is 18.9. The van der Waals surface area contributed by atoms with Crippen LogP contribution in [0, 0.1) is 11.6 Å². The van der Waals surface area contributed by atoms with E-state index in [1.54, 1.807) is 4.90 Å². The average molecular weight is 489 g/mol. The number of carbonyl (C=O) groups is 2. The number of rotatable bonds is 8. The molecule has 8 nitrogen and oxygen atoms in total. The molecule has 0 radical (unpaired) electrons. The average Bonchev–Trinajstić information content (AvgIpc) is 3.28. The number of nitrogens with zero attached hydrogens (tertiary/aromatic N) is 2. The maximum atomic E-state index is 13.5. The molecule has 0 saturated carbocycles. The predicted molar refractivity (Wildman–Crippen MR) is 112 cm³/mol. The Bertz CT molecular complexity index is 1080. The topological polar surface area (TPSA) is 93.2 Å². The minimum Gasteiger partial charge on any atom is -0.491 e. The van der Waals surface area contributed by atoms with Gasteiger partial charge in [-0.05, 0) is 24.6 Å². The second-order valence-electron chi connectivity index (χ2n) is 6.96. The Hall–Kier alpha value is -2.57. The summed E-state index contributed by atoms with van der Waals surface area (Å²) in [6.07, 6.45) is 0.489. The Morgan fingerprint density at radius 1 is 1.12 bits per heavy atom. The molecule has 2 aromatic rings. The van der Waals surface area contributed by atoms with E-state index in [0.717, 1.165) is 23.5 Å². The van der Waals surface area contributed by atoms with E-state index in [1.165, 1.54) is 28.9 Å². The first-order valence-corrected chi connectivity index (χ1v) is 12.1. The van der Waals surface area contributed by atoms with Gasteiger partial charge in [0.15, 0.2) is 11.6 Å². The smallest absolute Gasteiger partial charge is 0.338 e. The van der Waals surface area contributed by atoms with Gasteiger partial charge in [0.1, 0.15) is 10.0 Å². The number of ether oxygens (including phenoxy) is 2. The Balaban J connectivity index is 1.45. The summed E-state index contributed by atoms with van der Waals surface area (Å²) in [4.78, 5) is 25.5. The van der Waals surface area contributed by atoms with Crippen molar-refractivity contribution in [1.29, 1.82) is 0 Å². The van der Waals surface area contributed by atoms with Gasteiger partial charge in [-0.25, -0.2) is 22.0 Å². The zero-order valence-electron chi connectivity index (χ0n) is 17.3. The molecule has 32 heavy (non-hydrogen) atoms. The number of thiophene rings is 1. The number of sulfonamides is 1. The van der Waals surface area contributed by atoms with Crippen LogP contribution in [0.25, 0.3) is 0 Å². The number of piperazine rings is 1. The first-order chi connectivity index (χ1) is 15.2. The largest absolute Gasteiger partial charge is 0.491 e. The molecule has 1 fully saturated rings. The maximum Gasteiger partial charge on any atom is 0.338 e. The van der Waals surface area contributed by atoms with E-state index in [-0.39, 0.29) is 60.6 Å². The van der Waals surface area contributed by atoms with Crippen LogP contribution in [-0.2, 0) is 19.6 Å². The standard InChI is InChI=1S/C20H22F2N2O6S2/c1-29-20(26)14-11-19(31-13-14)32(27,28)24-8-6-23(7-9-24)18(25)3-2-10-30-17-5-4-15(21)12-16(17)22/h4-5,11-13H,2-3,6-10H2,1H3. The normalized spacial score (nSPS) is 14.9. The molecule has 1 aliphatic heterocycles. The Labute approximate surface area is 188 Å². The highest BCUT2D eigenvalue weighted by Gasteiger charge is 2.31. The summed E-state index contributed by atoms with van der Waals surface area (Å²) in [5.41, 5.74) is 0.174. The van der Waals surface area contributed by atoms with Gasteiger partial charge in [-0.1, -0.05) is 0 Å². The van der Waals surface area contributed by atoms with E-state index in [0.29, 0.717) is 6.42 Å².